The first-order chi connectivity index (χ1) is 15.2. The van der Waals surface area contributed by atoms with E-state index in [9.17, 15) is 19.1 Å². The number of hydrogen-bond donors (Lipinski definition) is 1. The molecule has 0 bridgehead atoms. The van der Waals surface area contributed by atoms with Crippen molar-refractivity contribution < 1.29 is 28.2 Å². The normalized spacial score (nSPS) is 17.8. The minimum Gasteiger partial charge on any atom is -0.507 e. The highest BCUT2D eigenvalue weighted by atomic mass is 35.5. The van der Waals surface area contributed by atoms with E-state index < -0.39 is 29.3 Å². The van der Waals surface area contributed by atoms with Gasteiger partial charge in [-0.3, -0.25) is 14.5 Å². The van der Waals surface area contributed by atoms with Crippen molar-refractivity contribution in [2.75, 3.05) is 12.0 Å². The summed E-state index contributed by atoms with van der Waals surface area (Å²) < 4.78 is 24.9. The van der Waals surface area contributed by atoms with Gasteiger partial charge in [0.2, 0.25) is 0 Å². The molecule has 1 atom stereocenters. The number of aliphatic hydroxyl groups is 1. The van der Waals surface area contributed by atoms with Crippen molar-refractivity contribution in [2.24, 2.45) is 0 Å². The van der Waals surface area contributed by atoms with Gasteiger partial charge in [-0.15, -0.1) is 0 Å². The number of rotatable bonds is 4. The Morgan fingerprint density at radius 2 is 1.91 bits per heavy atom. The Bertz CT molecular complexity index is 1280. The molecular formula is C23H16Cl2FNO5. The van der Waals surface area contributed by atoms with E-state index in [-0.39, 0.29) is 38.4 Å². The van der Waals surface area contributed by atoms with E-state index in [2.05, 4.69) is 0 Å². The van der Waals surface area contributed by atoms with Crippen LogP contribution in [0.3, 0.4) is 0 Å². The van der Waals surface area contributed by atoms with E-state index in [1.807, 2.05) is 0 Å². The first kappa shape index (κ1) is 21.9. The molecule has 1 aromatic heterocycles. The lowest BCUT2D eigenvalue weighted by Gasteiger charge is -2.23. The lowest BCUT2D eigenvalue weighted by Crippen LogP contribution is -2.29. The number of anilines is 1. The van der Waals surface area contributed by atoms with E-state index in [4.69, 9.17) is 32.4 Å². The van der Waals surface area contributed by atoms with Crippen molar-refractivity contribution in [3.63, 3.8) is 0 Å². The van der Waals surface area contributed by atoms with Gasteiger partial charge in [-0.25, -0.2) is 4.39 Å². The van der Waals surface area contributed by atoms with Gasteiger partial charge in [0.1, 0.15) is 34.9 Å². The van der Waals surface area contributed by atoms with Crippen LogP contribution in [0.5, 0.6) is 5.75 Å². The van der Waals surface area contributed by atoms with E-state index in [0.29, 0.717) is 5.76 Å². The van der Waals surface area contributed by atoms with Crippen LogP contribution in [0.25, 0.3) is 5.76 Å². The van der Waals surface area contributed by atoms with Crippen molar-refractivity contribution in [2.45, 2.75) is 13.0 Å². The molecule has 164 valence electrons. The van der Waals surface area contributed by atoms with Gasteiger partial charge in [0.05, 0.1) is 23.3 Å². The van der Waals surface area contributed by atoms with E-state index in [1.165, 1.54) is 37.4 Å². The van der Waals surface area contributed by atoms with Gasteiger partial charge in [-0.05, 0) is 49.4 Å². The topological polar surface area (TPSA) is 80.0 Å². The van der Waals surface area contributed by atoms with Gasteiger partial charge >= 0.3 is 0 Å². The average molecular weight is 476 g/mol. The van der Waals surface area contributed by atoms with Crippen LogP contribution >= 0.6 is 23.2 Å². The number of Topliss-reactive ketones (excluding diaryl/α,β-unsaturated/α-hetero) is 1. The second-order valence-electron chi connectivity index (χ2n) is 7.07. The van der Waals surface area contributed by atoms with Crippen molar-refractivity contribution in [3.05, 3.63) is 87.1 Å². The third-order valence-electron chi connectivity index (χ3n) is 5.03. The van der Waals surface area contributed by atoms with Crippen LogP contribution in [0.1, 0.15) is 23.1 Å². The van der Waals surface area contributed by atoms with Crippen LogP contribution in [0, 0.1) is 12.7 Å². The Kier molecular flexibility index (Phi) is 5.71. The Morgan fingerprint density at radius 1 is 1.16 bits per heavy atom. The lowest BCUT2D eigenvalue weighted by molar-refractivity contribution is -0.132. The van der Waals surface area contributed by atoms with Crippen LogP contribution in [0.2, 0.25) is 10.0 Å². The lowest BCUT2D eigenvalue weighted by atomic mass is 9.98. The van der Waals surface area contributed by atoms with Crippen LogP contribution in [0.4, 0.5) is 10.1 Å². The summed E-state index contributed by atoms with van der Waals surface area (Å²) in [5.74, 6) is -2.29. The summed E-state index contributed by atoms with van der Waals surface area (Å²) in [4.78, 5) is 27.2. The molecule has 6 nitrogen and oxygen atoms in total. The van der Waals surface area contributed by atoms with E-state index >= 15 is 0 Å². The number of benzene rings is 2. The number of aliphatic hydroxyl groups excluding tert-OH is 1. The summed E-state index contributed by atoms with van der Waals surface area (Å²) in [7, 11) is 1.34. The summed E-state index contributed by atoms with van der Waals surface area (Å²) in [5, 5.41) is 11.5. The largest absolute Gasteiger partial charge is 0.507 e. The number of carbonyl (C=O) groups excluding carboxylic acids is 2. The molecule has 1 saturated heterocycles. The predicted molar refractivity (Wildman–Crippen MR) is 118 cm³/mol. The molecule has 0 spiro atoms. The maximum atomic E-state index is 13.9. The highest BCUT2D eigenvalue weighted by molar-refractivity contribution is 6.51. The smallest absolute Gasteiger partial charge is 0.300 e. The molecule has 0 saturated carbocycles. The maximum absolute atomic E-state index is 13.9. The second-order valence-corrected chi connectivity index (χ2v) is 7.91. The van der Waals surface area contributed by atoms with Gasteiger partial charge < -0.3 is 14.3 Å². The fraction of sp³-hybridized carbons (Fsp3) is 0.130. The molecule has 1 unspecified atom stereocenters. The molecule has 0 aliphatic carbocycles. The third kappa shape index (κ3) is 3.63. The molecule has 1 aliphatic rings. The summed E-state index contributed by atoms with van der Waals surface area (Å²) in [6.45, 7) is 1.69. The zero-order valence-corrected chi connectivity index (χ0v) is 18.4. The Morgan fingerprint density at radius 3 is 2.53 bits per heavy atom. The molecular weight excluding hydrogens is 460 g/mol. The SMILES string of the molecule is COc1c(Cl)cc(Cl)cc1/C(O)=C1\C(=O)C(=O)N(c2cccc(F)c2)C1c1ccc(C)o1. The fourth-order valence-corrected chi connectivity index (χ4v) is 4.25. The fourth-order valence-electron chi connectivity index (χ4n) is 3.68. The predicted octanol–water partition coefficient (Wildman–Crippen LogP) is 5.67. The molecule has 0 radical (unpaired) electrons. The number of methoxy groups -OCH3 is 1. The Hall–Kier alpha value is -3.29. The zero-order valence-electron chi connectivity index (χ0n) is 16.9. The van der Waals surface area contributed by atoms with Crippen molar-refractivity contribution in [1.29, 1.82) is 0 Å². The van der Waals surface area contributed by atoms with Gasteiger partial charge in [-0.1, -0.05) is 29.3 Å². The highest BCUT2D eigenvalue weighted by Gasteiger charge is 2.48. The van der Waals surface area contributed by atoms with Gasteiger partial charge in [0.15, 0.2) is 0 Å². The minimum absolute atomic E-state index is 0.0236. The van der Waals surface area contributed by atoms with E-state index in [1.54, 1.807) is 19.1 Å². The average Bonchev–Trinajstić information content (AvgIpc) is 3.28. The Balaban J connectivity index is 2.00. The number of hydrogen-bond acceptors (Lipinski definition) is 5. The molecule has 4 rings (SSSR count). The van der Waals surface area contributed by atoms with E-state index in [0.717, 1.165) is 11.0 Å². The monoisotopic (exact) mass is 475 g/mol. The molecule has 32 heavy (non-hydrogen) atoms. The van der Waals surface area contributed by atoms with Crippen LogP contribution in [0.15, 0.2) is 58.5 Å². The summed E-state index contributed by atoms with van der Waals surface area (Å²) in [6.07, 6.45) is 0. The molecule has 1 N–H and O–H groups in total. The molecule has 2 aromatic carbocycles. The number of aryl methyl sites for hydroxylation is 1. The Labute approximate surface area is 192 Å². The van der Waals surface area contributed by atoms with Gasteiger partial charge in [-0.2, -0.15) is 0 Å². The van der Waals surface area contributed by atoms with Crippen LogP contribution in [-0.4, -0.2) is 23.9 Å². The molecule has 1 fully saturated rings. The number of ether oxygens (including phenoxy) is 1. The number of amides is 1. The number of ketones is 1. The number of halogens is 3. The quantitative estimate of drug-likeness (QED) is 0.298. The minimum atomic E-state index is -1.16. The first-order valence-corrected chi connectivity index (χ1v) is 10.1. The molecule has 9 heteroatoms. The summed E-state index contributed by atoms with van der Waals surface area (Å²) >= 11 is 12.3. The second kappa shape index (κ2) is 8.33. The molecule has 1 amide bonds. The maximum Gasteiger partial charge on any atom is 0.300 e. The summed E-state index contributed by atoms with van der Waals surface area (Å²) in [5.41, 5.74) is -0.123. The molecule has 1 aliphatic heterocycles. The van der Waals surface area contributed by atoms with Crippen molar-refractivity contribution in [1.82, 2.24) is 0 Å². The van der Waals surface area contributed by atoms with Crippen molar-refractivity contribution >= 4 is 46.3 Å². The molecule has 3 aromatic rings. The van der Waals surface area contributed by atoms with Gasteiger partial charge in [0, 0.05) is 10.7 Å². The number of furan rings is 1. The zero-order chi connectivity index (χ0) is 23.2. The standard InChI is InChI=1S/C23H16Cl2FNO5/c1-11-6-7-17(32-11)19-18(20(28)15-8-12(24)9-16(25)22(15)31-2)21(29)23(30)27(19)14-5-3-4-13(26)10-14/h3-10,19,28H,1-2H3/b20-18+. The number of nitrogens with zero attached hydrogens (tertiary/aromatic N) is 1. The highest BCUT2D eigenvalue weighted by Crippen LogP contribution is 2.45. The summed E-state index contributed by atoms with van der Waals surface area (Å²) in [6, 6.07) is 10.1. The molecule has 2 heterocycles. The van der Waals surface area contributed by atoms with Gasteiger partial charge in [0.25, 0.3) is 11.7 Å². The van der Waals surface area contributed by atoms with Crippen LogP contribution < -0.4 is 9.64 Å². The first-order valence-electron chi connectivity index (χ1n) is 9.39. The number of carbonyl (C=O) groups is 2. The third-order valence-corrected chi connectivity index (χ3v) is 5.53. The van der Waals surface area contributed by atoms with Crippen LogP contribution in [-0.2, 0) is 9.59 Å². The van der Waals surface area contributed by atoms with Crippen molar-refractivity contribution in [3.8, 4) is 5.75 Å².